The van der Waals surface area contributed by atoms with Crippen LogP contribution >= 0.6 is 11.8 Å². The Morgan fingerprint density at radius 1 is 0.971 bits per heavy atom. The molecule has 1 aromatic heterocycles. The van der Waals surface area contributed by atoms with Gasteiger partial charge in [0.05, 0.1) is 16.7 Å². The van der Waals surface area contributed by atoms with Crippen LogP contribution in [0, 0.1) is 0 Å². The highest BCUT2D eigenvalue weighted by molar-refractivity contribution is 7.99. The van der Waals surface area contributed by atoms with Gasteiger partial charge in [-0.2, -0.15) is 0 Å². The molecule has 0 aliphatic heterocycles. The highest BCUT2D eigenvalue weighted by atomic mass is 32.2. The summed E-state index contributed by atoms with van der Waals surface area (Å²) in [5.41, 5.74) is 1.56. The van der Waals surface area contributed by atoms with Gasteiger partial charge in [0.2, 0.25) is 11.8 Å². The van der Waals surface area contributed by atoms with Crippen molar-refractivity contribution < 1.29 is 9.59 Å². The number of thioether (sulfide) groups is 1. The summed E-state index contributed by atoms with van der Waals surface area (Å²) in [6, 6.07) is 17.4. The van der Waals surface area contributed by atoms with E-state index in [1.54, 1.807) is 18.2 Å². The molecule has 8 heteroatoms. The van der Waals surface area contributed by atoms with Gasteiger partial charge in [0, 0.05) is 25.6 Å². The number of fused-ring (bicyclic) bond motifs is 1. The van der Waals surface area contributed by atoms with Crippen LogP contribution in [-0.2, 0) is 22.6 Å². The van der Waals surface area contributed by atoms with Crippen LogP contribution in [0.5, 0.6) is 0 Å². The number of rotatable bonds is 10. The Morgan fingerprint density at radius 3 is 2.51 bits per heavy atom. The van der Waals surface area contributed by atoms with E-state index in [9.17, 15) is 14.4 Å². The van der Waals surface area contributed by atoms with Crippen molar-refractivity contribution in [2.45, 2.75) is 62.7 Å². The van der Waals surface area contributed by atoms with Crippen LogP contribution in [0.1, 0.15) is 44.1 Å². The molecule has 1 fully saturated rings. The van der Waals surface area contributed by atoms with Crippen LogP contribution in [0.15, 0.2) is 64.5 Å². The normalized spacial score (nSPS) is 14.1. The molecule has 1 saturated carbocycles. The Hall–Kier alpha value is -3.13. The zero-order chi connectivity index (χ0) is 24.5. The van der Waals surface area contributed by atoms with E-state index in [1.165, 1.54) is 22.7 Å². The summed E-state index contributed by atoms with van der Waals surface area (Å²) in [6.07, 6.45) is 6.49. The predicted octanol–water partition coefficient (Wildman–Crippen LogP) is 3.69. The molecular formula is C27H32N4O3S. The minimum Gasteiger partial charge on any atom is -0.356 e. The lowest BCUT2D eigenvalue weighted by atomic mass is 9.95. The standard InChI is InChI=1S/C27H32N4O3S/c32-24(28-17-15-20-9-3-1-4-10-20)16-18-31-26(34)22-13-7-8-14-23(22)30-27(31)35-19-25(33)29-21-11-5-2-6-12-21/h1,3-4,7-10,13-14,21H,2,5-6,11-12,15-19H2,(H,28,32)(H,29,33). The van der Waals surface area contributed by atoms with E-state index < -0.39 is 0 Å². The molecule has 3 aromatic rings. The molecule has 1 aliphatic rings. The van der Waals surface area contributed by atoms with Crippen molar-refractivity contribution in [2.24, 2.45) is 0 Å². The topological polar surface area (TPSA) is 93.1 Å². The molecule has 0 unspecified atom stereocenters. The van der Waals surface area contributed by atoms with Crippen LogP contribution in [-0.4, -0.2) is 39.7 Å². The third kappa shape index (κ3) is 7.18. The molecule has 2 aromatic carbocycles. The SMILES string of the molecule is O=C(CCn1c(SCC(=O)NC2CCCCC2)nc2ccccc2c1=O)NCCc1ccccc1. The summed E-state index contributed by atoms with van der Waals surface area (Å²) >= 11 is 1.25. The van der Waals surface area contributed by atoms with Gasteiger partial charge in [0.15, 0.2) is 5.16 Å². The van der Waals surface area contributed by atoms with Gasteiger partial charge in [0.1, 0.15) is 0 Å². The van der Waals surface area contributed by atoms with Crippen LogP contribution in [0.2, 0.25) is 0 Å². The van der Waals surface area contributed by atoms with Gasteiger partial charge in [0.25, 0.3) is 5.56 Å². The molecule has 0 radical (unpaired) electrons. The van der Waals surface area contributed by atoms with E-state index in [4.69, 9.17) is 0 Å². The van der Waals surface area contributed by atoms with Gasteiger partial charge in [-0.3, -0.25) is 19.0 Å². The van der Waals surface area contributed by atoms with Gasteiger partial charge >= 0.3 is 0 Å². The van der Waals surface area contributed by atoms with Gasteiger partial charge in [-0.15, -0.1) is 0 Å². The van der Waals surface area contributed by atoms with E-state index in [2.05, 4.69) is 15.6 Å². The fourth-order valence-corrected chi connectivity index (χ4v) is 5.23. The van der Waals surface area contributed by atoms with E-state index in [1.807, 2.05) is 36.4 Å². The zero-order valence-electron chi connectivity index (χ0n) is 19.9. The van der Waals surface area contributed by atoms with Crippen molar-refractivity contribution in [2.75, 3.05) is 12.3 Å². The Kier molecular flexibility index (Phi) is 8.95. The fourth-order valence-electron chi connectivity index (χ4n) is 4.39. The second kappa shape index (κ2) is 12.5. The van der Waals surface area contributed by atoms with Crippen molar-refractivity contribution in [3.05, 3.63) is 70.5 Å². The Balaban J connectivity index is 1.39. The molecule has 0 spiro atoms. The van der Waals surface area contributed by atoms with Crippen molar-refractivity contribution in [1.82, 2.24) is 20.2 Å². The monoisotopic (exact) mass is 492 g/mol. The average molecular weight is 493 g/mol. The highest BCUT2D eigenvalue weighted by Gasteiger charge is 2.18. The fraction of sp³-hybridized carbons (Fsp3) is 0.407. The summed E-state index contributed by atoms with van der Waals surface area (Å²) in [5.74, 6) is 0.0198. The first kappa shape index (κ1) is 25.0. The Bertz CT molecular complexity index is 1210. The number of amides is 2. The predicted molar refractivity (Wildman–Crippen MR) is 140 cm³/mol. The van der Waals surface area contributed by atoms with E-state index in [0.717, 1.165) is 37.7 Å². The lowest BCUT2D eigenvalue weighted by Crippen LogP contribution is -2.37. The van der Waals surface area contributed by atoms with Crippen molar-refractivity contribution in [3.8, 4) is 0 Å². The van der Waals surface area contributed by atoms with Crippen LogP contribution in [0.4, 0.5) is 0 Å². The molecule has 0 atom stereocenters. The maximum absolute atomic E-state index is 13.2. The largest absolute Gasteiger partial charge is 0.356 e. The lowest BCUT2D eigenvalue weighted by molar-refractivity contribution is -0.121. The number of carbonyl (C=O) groups is 2. The number of para-hydroxylation sites is 1. The Labute approximate surface area is 209 Å². The first-order chi connectivity index (χ1) is 17.1. The van der Waals surface area contributed by atoms with Gasteiger partial charge in [-0.1, -0.05) is 73.5 Å². The quantitative estimate of drug-likeness (QED) is 0.333. The second-order valence-electron chi connectivity index (χ2n) is 8.89. The molecule has 1 aliphatic carbocycles. The van der Waals surface area contributed by atoms with Gasteiger partial charge < -0.3 is 10.6 Å². The molecule has 184 valence electrons. The number of benzene rings is 2. The minimum absolute atomic E-state index is 0.0467. The summed E-state index contributed by atoms with van der Waals surface area (Å²) in [7, 11) is 0. The molecule has 7 nitrogen and oxygen atoms in total. The van der Waals surface area contributed by atoms with Gasteiger partial charge in [-0.05, 0) is 37.0 Å². The van der Waals surface area contributed by atoms with E-state index in [0.29, 0.717) is 22.6 Å². The van der Waals surface area contributed by atoms with E-state index >= 15 is 0 Å². The molecule has 2 amide bonds. The maximum Gasteiger partial charge on any atom is 0.262 e. The first-order valence-electron chi connectivity index (χ1n) is 12.3. The summed E-state index contributed by atoms with van der Waals surface area (Å²) in [6.45, 7) is 0.747. The molecule has 4 rings (SSSR count). The number of aromatic nitrogens is 2. The average Bonchev–Trinajstić information content (AvgIpc) is 2.88. The number of nitrogens with one attached hydrogen (secondary N) is 2. The number of hydrogen-bond donors (Lipinski definition) is 2. The van der Waals surface area contributed by atoms with Crippen LogP contribution < -0.4 is 16.2 Å². The molecule has 35 heavy (non-hydrogen) atoms. The highest BCUT2D eigenvalue weighted by Crippen LogP contribution is 2.20. The third-order valence-electron chi connectivity index (χ3n) is 6.27. The van der Waals surface area contributed by atoms with Crippen molar-refractivity contribution in [3.63, 3.8) is 0 Å². The molecule has 1 heterocycles. The van der Waals surface area contributed by atoms with E-state index in [-0.39, 0.29) is 42.1 Å². The lowest BCUT2D eigenvalue weighted by Gasteiger charge is -2.22. The number of hydrogen-bond acceptors (Lipinski definition) is 5. The third-order valence-corrected chi connectivity index (χ3v) is 7.25. The smallest absolute Gasteiger partial charge is 0.262 e. The number of carbonyl (C=O) groups excluding carboxylic acids is 2. The van der Waals surface area contributed by atoms with Crippen LogP contribution in [0.3, 0.4) is 0 Å². The Morgan fingerprint density at radius 2 is 1.71 bits per heavy atom. The van der Waals surface area contributed by atoms with Crippen molar-refractivity contribution in [1.29, 1.82) is 0 Å². The van der Waals surface area contributed by atoms with Crippen LogP contribution in [0.25, 0.3) is 10.9 Å². The maximum atomic E-state index is 13.2. The second-order valence-corrected chi connectivity index (χ2v) is 9.84. The summed E-state index contributed by atoms with van der Waals surface area (Å²) in [4.78, 5) is 42.8. The summed E-state index contributed by atoms with van der Waals surface area (Å²) < 4.78 is 1.53. The molecule has 2 N–H and O–H groups in total. The summed E-state index contributed by atoms with van der Waals surface area (Å²) in [5, 5.41) is 7.01. The number of nitrogens with zero attached hydrogens (tertiary/aromatic N) is 2. The first-order valence-corrected chi connectivity index (χ1v) is 13.3. The van der Waals surface area contributed by atoms with Crippen molar-refractivity contribution >= 4 is 34.5 Å². The van der Waals surface area contributed by atoms with Gasteiger partial charge in [-0.25, -0.2) is 4.98 Å². The zero-order valence-corrected chi connectivity index (χ0v) is 20.7. The molecular weight excluding hydrogens is 460 g/mol. The molecule has 0 bridgehead atoms. The minimum atomic E-state index is -0.192. The molecule has 0 saturated heterocycles.